The van der Waals surface area contributed by atoms with Crippen molar-refractivity contribution in [1.82, 2.24) is 10.6 Å². The van der Waals surface area contributed by atoms with Crippen molar-refractivity contribution in [2.45, 2.75) is 62.7 Å². The first-order chi connectivity index (χ1) is 15.7. The van der Waals surface area contributed by atoms with Crippen LogP contribution in [-0.4, -0.2) is 84.3 Å². The van der Waals surface area contributed by atoms with Crippen LogP contribution in [0, 0.1) is 5.92 Å². The molecule has 0 aliphatic heterocycles. The highest BCUT2D eigenvalue weighted by molar-refractivity contribution is 7.89. The van der Waals surface area contributed by atoms with Crippen LogP contribution in [-0.2, 0) is 29.2 Å². The number of carboxylic acids is 3. The van der Waals surface area contributed by atoms with Gasteiger partial charge in [-0.25, -0.2) is 18.4 Å². The van der Waals surface area contributed by atoms with E-state index in [0.29, 0.717) is 6.42 Å². The van der Waals surface area contributed by atoms with Gasteiger partial charge in [0.2, 0.25) is 15.9 Å². The van der Waals surface area contributed by atoms with E-state index >= 15 is 0 Å². The van der Waals surface area contributed by atoms with E-state index in [1.165, 1.54) is 0 Å². The zero-order valence-electron chi connectivity index (χ0n) is 18.9. The smallest absolute Gasteiger partial charge is 0.430 e. The lowest BCUT2D eigenvalue weighted by Gasteiger charge is -2.27. The molecule has 0 rings (SSSR count). The Labute approximate surface area is 205 Å². The molecule has 0 spiro atoms. The second kappa shape index (κ2) is 15.8. The van der Waals surface area contributed by atoms with Gasteiger partial charge in [0.05, 0.1) is 29.5 Å². The van der Waals surface area contributed by atoms with E-state index in [4.69, 9.17) is 25.3 Å². The fourth-order valence-electron chi connectivity index (χ4n) is 2.35. The van der Waals surface area contributed by atoms with Crippen LogP contribution in [0.4, 0.5) is 13.2 Å². The van der Waals surface area contributed by atoms with Gasteiger partial charge in [0.25, 0.3) is 0 Å². The number of alkyl halides is 3. The van der Waals surface area contributed by atoms with Crippen molar-refractivity contribution >= 4 is 46.5 Å². The topological polar surface area (TPSA) is 244 Å². The van der Waals surface area contributed by atoms with Crippen LogP contribution in [0.15, 0.2) is 0 Å². The highest BCUT2D eigenvalue weighted by atomic mass is 32.2. The van der Waals surface area contributed by atoms with Crippen LogP contribution in [0.2, 0.25) is 0 Å². The van der Waals surface area contributed by atoms with Crippen molar-refractivity contribution in [3.8, 4) is 0 Å². The molecule has 0 saturated carbocycles. The number of rotatable bonds is 14. The minimum Gasteiger partial charge on any atom is -0.542 e. The summed E-state index contributed by atoms with van der Waals surface area (Å²) in [5.41, 5.74) is 3.85. The van der Waals surface area contributed by atoms with Gasteiger partial charge in [-0.3, -0.25) is 9.59 Å². The first kappa shape index (κ1) is 35.0. The maximum absolute atomic E-state index is 12.5. The van der Waals surface area contributed by atoms with Crippen molar-refractivity contribution in [2.75, 3.05) is 12.3 Å². The monoisotopic (exact) mass is 556 g/mol. The molecule has 1 amide bonds. The number of carbonyl (C=O) groups excluding carboxylic acids is 2. The molecule has 35 heavy (non-hydrogen) atoms. The van der Waals surface area contributed by atoms with E-state index in [-0.39, 0.29) is 35.9 Å². The van der Waals surface area contributed by atoms with Gasteiger partial charge in [-0.1, -0.05) is 20.3 Å². The predicted molar refractivity (Wildman–Crippen MR) is 116 cm³/mol. The van der Waals surface area contributed by atoms with Gasteiger partial charge in [0, 0.05) is 13.0 Å². The van der Waals surface area contributed by atoms with Crippen molar-refractivity contribution < 1.29 is 61.8 Å². The fourth-order valence-corrected chi connectivity index (χ4v) is 3.23. The first-order valence-electron chi connectivity index (χ1n) is 10.0. The Bertz CT molecular complexity index is 828. The number of sulfonamides is 1. The van der Waals surface area contributed by atoms with E-state index in [2.05, 4.69) is 29.0 Å². The van der Waals surface area contributed by atoms with E-state index in [1.54, 1.807) is 6.92 Å². The predicted octanol–water partition coefficient (Wildman–Crippen LogP) is -3.08. The number of amides is 1. The van der Waals surface area contributed by atoms with E-state index in [0.717, 1.165) is 0 Å². The van der Waals surface area contributed by atoms with Gasteiger partial charge in [-0.05, 0) is 5.92 Å². The summed E-state index contributed by atoms with van der Waals surface area (Å²) in [4.78, 5) is 43.2. The lowest BCUT2D eigenvalue weighted by atomic mass is 9.97. The van der Waals surface area contributed by atoms with E-state index < -0.39 is 58.5 Å². The van der Waals surface area contributed by atoms with Crippen molar-refractivity contribution in [2.24, 2.45) is 11.1 Å². The highest BCUT2D eigenvalue weighted by Gasteiger charge is 2.31. The summed E-state index contributed by atoms with van der Waals surface area (Å²) in [5.74, 6) is -6.82. The summed E-state index contributed by atoms with van der Waals surface area (Å²) in [6, 6.07) is -2.67. The molecule has 0 aromatic heterocycles. The average Bonchev–Trinajstić information content (AvgIpc) is 2.69. The number of aliphatic carboxylic acids is 3. The standard InChI is InChI=1S/C15H30N4O7S2.C2HF3O2/c1-3-8(2)13(14(22)19-10(15(23)24)6-12(20)21)18-7-11(27)9(16)4-5-28(17,25)26;3-2(4,5)1(6)7/h8-11,13,18,27H,3-7,16H2,1-2H3,(H,19,22)(H,20,21)(H,23,24)(H2,17,25,26);(H,6,7)/t8-,9?,10-,11?,13-;/m0./s1. The van der Waals surface area contributed by atoms with Gasteiger partial charge in [0.1, 0.15) is 12.0 Å². The summed E-state index contributed by atoms with van der Waals surface area (Å²) in [7, 11) is -3.61. The molecule has 0 fully saturated rings. The van der Waals surface area contributed by atoms with Crippen molar-refractivity contribution in [3.05, 3.63) is 0 Å². The Morgan fingerprint density at radius 2 is 1.69 bits per heavy atom. The Kier molecular flexibility index (Phi) is 15.8. The fraction of sp³-hybridized carbons (Fsp3) is 0.765. The van der Waals surface area contributed by atoms with Gasteiger partial charge in [-0.2, -0.15) is 25.8 Å². The minimum absolute atomic E-state index is 0.174. The number of thiol groups is 1. The average molecular weight is 557 g/mol. The Balaban J connectivity index is 0. The molecular weight excluding hydrogens is 525 g/mol. The Hall–Kier alpha value is -2.15. The molecule has 0 aromatic carbocycles. The molecule has 206 valence electrons. The number of nitrogens with one attached hydrogen (secondary N) is 2. The molecule has 0 aromatic rings. The normalized spacial score (nSPS) is 16.0. The highest BCUT2D eigenvalue weighted by Crippen LogP contribution is 2.12. The van der Waals surface area contributed by atoms with Crippen LogP contribution < -0.4 is 26.6 Å². The summed E-state index contributed by atoms with van der Waals surface area (Å²) < 4.78 is 53.6. The number of halogens is 3. The Morgan fingerprint density at radius 1 is 1.20 bits per heavy atom. The lowest BCUT2D eigenvalue weighted by molar-refractivity contribution is -0.418. The van der Waals surface area contributed by atoms with Gasteiger partial charge in [-0.15, -0.1) is 0 Å². The number of primary sulfonamides is 1. The molecule has 13 nitrogen and oxygen atoms in total. The quantitative estimate of drug-likeness (QED) is 0.106. The molecule has 9 N–H and O–H groups in total. The molecule has 0 radical (unpaired) electrons. The Morgan fingerprint density at radius 3 is 2.03 bits per heavy atom. The molecule has 0 heterocycles. The molecule has 0 saturated heterocycles. The number of nitrogens with two attached hydrogens (primary N) is 1. The third-order valence-electron chi connectivity index (χ3n) is 4.58. The number of carbonyl (C=O) groups is 4. The van der Waals surface area contributed by atoms with E-state index in [1.807, 2.05) is 6.92 Å². The van der Waals surface area contributed by atoms with Crippen LogP contribution in [0.5, 0.6) is 0 Å². The third kappa shape index (κ3) is 17.0. The summed E-state index contributed by atoms with van der Waals surface area (Å²) in [5, 5.41) is 36.5. The second-order valence-electron chi connectivity index (χ2n) is 7.54. The van der Waals surface area contributed by atoms with Crippen LogP contribution >= 0.6 is 12.6 Å². The van der Waals surface area contributed by atoms with Crippen molar-refractivity contribution in [3.63, 3.8) is 0 Å². The van der Waals surface area contributed by atoms with Gasteiger partial charge in [0.15, 0.2) is 0 Å². The summed E-state index contributed by atoms with van der Waals surface area (Å²) in [6.45, 7) is 3.86. The van der Waals surface area contributed by atoms with Gasteiger partial charge < -0.3 is 36.5 Å². The second-order valence-corrected chi connectivity index (χ2v) is 9.93. The molecule has 0 bridgehead atoms. The molecule has 0 aliphatic rings. The molecule has 0 aliphatic carbocycles. The third-order valence-corrected chi connectivity index (χ3v) is 5.99. The van der Waals surface area contributed by atoms with Crippen LogP contribution in [0.1, 0.15) is 33.1 Å². The largest absolute Gasteiger partial charge is 0.542 e. The summed E-state index contributed by atoms with van der Waals surface area (Å²) in [6.07, 6.45) is -5.12. The first-order valence-corrected chi connectivity index (χ1v) is 12.2. The van der Waals surface area contributed by atoms with Gasteiger partial charge >= 0.3 is 18.1 Å². The molecular formula is C17H31F3N4O9S2. The number of carboxylic acid groups (broad SMARTS) is 3. The van der Waals surface area contributed by atoms with Crippen LogP contribution in [0.25, 0.3) is 0 Å². The van der Waals surface area contributed by atoms with Crippen molar-refractivity contribution in [1.29, 1.82) is 0 Å². The zero-order chi connectivity index (χ0) is 28.1. The van der Waals surface area contributed by atoms with Crippen LogP contribution in [0.3, 0.4) is 0 Å². The number of hydrogen-bond donors (Lipinski definition) is 7. The molecule has 5 atom stereocenters. The lowest BCUT2D eigenvalue weighted by Crippen LogP contribution is -2.67. The zero-order valence-corrected chi connectivity index (χ0v) is 20.7. The number of hydrogen-bond acceptors (Lipinski definition) is 9. The molecule has 2 unspecified atom stereocenters. The van der Waals surface area contributed by atoms with E-state index in [9.17, 15) is 36.0 Å². The minimum atomic E-state index is -5.19. The SMILES string of the molecule is CC[C@H](C)[C@H](NCC(S)C([NH3+])CCS(N)(=O)=O)C(=O)N[C@@H](CC(=O)O)C(=O)O.O=C([O-])C(F)(F)F. The maximum atomic E-state index is 12.5. The molecule has 18 heteroatoms. The summed E-state index contributed by atoms with van der Waals surface area (Å²) >= 11 is 4.38. The maximum Gasteiger partial charge on any atom is 0.430 e. The number of quaternary nitrogens is 1.